The molecule has 0 saturated carbocycles. The third-order valence-electron chi connectivity index (χ3n) is 2.58. The zero-order chi connectivity index (χ0) is 13.0. The lowest BCUT2D eigenvalue weighted by Gasteiger charge is -2.09. The minimum Gasteiger partial charge on any atom is -0.313 e. The van der Waals surface area contributed by atoms with Gasteiger partial charge in [-0.3, -0.25) is 0 Å². The smallest absolute Gasteiger partial charge is 0.157 e. The highest BCUT2D eigenvalue weighted by atomic mass is 19.1. The van der Waals surface area contributed by atoms with Crippen molar-refractivity contribution in [3.8, 4) is 5.82 Å². The minimum absolute atomic E-state index is 0.323. The lowest BCUT2D eigenvalue weighted by molar-refractivity contribution is 0.607. The largest absolute Gasteiger partial charge is 0.313 e. The molecule has 96 valence electrons. The fourth-order valence-electron chi connectivity index (χ4n) is 1.74. The molecule has 0 unspecified atom stereocenters. The van der Waals surface area contributed by atoms with Crippen LogP contribution in [-0.4, -0.2) is 21.3 Å². The van der Waals surface area contributed by atoms with Crippen LogP contribution in [0.3, 0.4) is 0 Å². The summed E-state index contributed by atoms with van der Waals surface area (Å²) in [7, 11) is 0. The van der Waals surface area contributed by atoms with E-state index in [0.717, 1.165) is 24.1 Å². The Bertz CT molecular complexity index is 521. The number of rotatable bonds is 5. The standard InChI is InChI=1S/C13H17FN4/c1-3-4-15-7-11-5-12(14)8-16-13(11)18-9-10(2)6-17-18/h5-6,8-9,15H,3-4,7H2,1-2H3. The SMILES string of the molecule is CCCNCc1cc(F)cnc1-n1cc(C)cn1. The fourth-order valence-corrected chi connectivity index (χ4v) is 1.74. The van der Waals surface area contributed by atoms with Crippen molar-refractivity contribution in [3.05, 3.63) is 41.6 Å². The summed E-state index contributed by atoms with van der Waals surface area (Å²) in [6.07, 6.45) is 5.90. The molecule has 0 aliphatic carbocycles. The van der Waals surface area contributed by atoms with E-state index in [-0.39, 0.29) is 5.82 Å². The summed E-state index contributed by atoms with van der Waals surface area (Å²) >= 11 is 0. The number of nitrogens with one attached hydrogen (secondary N) is 1. The molecular formula is C13H17FN4. The van der Waals surface area contributed by atoms with Gasteiger partial charge in [0.05, 0.1) is 12.4 Å². The summed E-state index contributed by atoms with van der Waals surface area (Å²) in [6.45, 7) is 5.54. The van der Waals surface area contributed by atoms with Gasteiger partial charge in [0.2, 0.25) is 0 Å². The zero-order valence-corrected chi connectivity index (χ0v) is 10.7. The Labute approximate surface area is 106 Å². The third-order valence-corrected chi connectivity index (χ3v) is 2.58. The van der Waals surface area contributed by atoms with E-state index in [1.807, 2.05) is 13.1 Å². The molecule has 0 spiro atoms. The molecule has 5 heteroatoms. The zero-order valence-electron chi connectivity index (χ0n) is 10.7. The number of aromatic nitrogens is 3. The van der Waals surface area contributed by atoms with Crippen LogP contribution in [0.1, 0.15) is 24.5 Å². The Hall–Kier alpha value is -1.75. The fraction of sp³-hybridized carbons (Fsp3) is 0.385. The molecule has 0 aliphatic rings. The number of aryl methyl sites for hydroxylation is 1. The summed E-state index contributed by atoms with van der Waals surface area (Å²) in [5, 5.41) is 7.46. The van der Waals surface area contributed by atoms with Crippen molar-refractivity contribution >= 4 is 0 Å². The molecule has 2 heterocycles. The van der Waals surface area contributed by atoms with Gasteiger partial charge in [-0.05, 0) is 31.5 Å². The van der Waals surface area contributed by atoms with Crippen LogP contribution < -0.4 is 5.32 Å². The first-order valence-electron chi connectivity index (χ1n) is 6.07. The quantitative estimate of drug-likeness (QED) is 0.825. The number of hydrogen-bond acceptors (Lipinski definition) is 3. The van der Waals surface area contributed by atoms with E-state index in [4.69, 9.17) is 0 Å². The second-order valence-corrected chi connectivity index (χ2v) is 4.28. The van der Waals surface area contributed by atoms with E-state index in [9.17, 15) is 4.39 Å². The Balaban J connectivity index is 2.28. The van der Waals surface area contributed by atoms with E-state index in [2.05, 4.69) is 22.3 Å². The lowest BCUT2D eigenvalue weighted by atomic mass is 10.2. The van der Waals surface area contributed by atoms with Gasteiger partial charge in [0.25, 0.3) is 0 Å². The Morgan fingerprint density at radius 2 is 2.22 bits per heavy atom. The molecule has 0 saturated heterocycles. The second kappa shape index (κ2) is 5.73. The summed E-state index contributed by atoms with van der Waals surface area (Å²) in [6, 6.07) is 1.50. The van der Waals surface area contributed by atoms with Crippen molar-refractivity contribution in [1.29, 1.82) is 0 Å². The van der Waals surface area contributed by atoms with Crippen LogP contribution in [0.4, 0.5) is 4.39 Å². The predicted molar refractivity (Wildman–Crippen MR) is 68.1 cm³/mol. The molecular weight excluding hydrogens is 231 g/mol. The molecule has 0 bridgehead atoms. The maximum atomic E-state index is 13.3. The molecule has 1 N–H and O–H groups in total. The molecule has 0 aliphatic heterocycles. The summed E-state index contributed by atoms with van der Waals surface area (Å²) in [5.41, 5.74) is 1.86. The van der Waals surface area contributed by atoms with Gasteiger partial charge in [0, 0.05) is 18.3 Å². The van der Waals surface area contributed by atoms with Crippen LogP contribution in [0, 0.1) is 12.7 Å². The van der Waals surface area contributed by atoms with Gasteiger partial charge in [-0.15, -0.1) is 0 Å². The Kier molecular flexibility index (Phi) is 4.04. The number of pyridine rings is 1. The van der Waals surface area contributed by atoms with Crippen LogP contribution in [0.15, 0.2) is 24.7 Å². The maximum absolute atomic E-state index is 13.3. The number of nitrogens with zero attached hydrogens (tertiary/aromatic N) is 3. The lowest BCUT2D eigenvalue weighted by Crippen LogP contribution is -2.16. The Morgan fingerprint density at radius 3 is 2.89 bits per heavy atom. The highest BCUT2D eigenvalue weighted by molar-refractivity contribution is 5.33. The van der Waals surface area contributed by atoms with Gasteiger partial charge in [0.15, 0.2) is 5.82 Å². The highest BCUT2D eigenvalue weighted by Crippen LogP contribution is 2.13. The van der Waals surface area contributed by atoms with Gasteiger partial charge < -0.3 is 5.32 Å². The highest BCUT2D eigenvalue weighted by Gasteiger charge is 2.08. The number of hydrogen-bond donors (Lipinski definition) is 1. The van der Waals surface area contributed by atoms with Crippen molar-refractivity contribution < 1.29 is 4.39 Å². The van der Waals surface area contributed by atoms with Crippen LogP contribution >= 0.6 is 0 Å². The molecule has 0 fully saturated rings. The first-order chi connectivity index (χ1) is 8.70. The molecule has 0 radical (unpaired) electrons. The van der Waals surface area contributed by atoms with Crippen LogP contribution in [0.2, 0.25) is 0 Å². The molecule has 0 atom stereocenters. The molecule has 18 heavy (non-hydrogen) atoms. The summed E-state index contributed by atoms with van der Waals surface area (Å²) in [5.74, 6) is 0.351. The van der Waals surface area contributed by atoms with E-state index >= 15 is 0 Å². The minimum atomic E-state index is -0.323. The van der Waals surface area contributed by atoms with Crippen molar-refractivity contribution in [3.63, 3.8) is 0 Å². The van der Waals surface area contributed by atoms with Crippen molar-refractivity contribution in [1.82, 2.24) is 20.1 Å². The van der Waals surface area contributed by atoms with Gasteiger partial charge in [-0.2, -0.15) is 5.10 Å². The van der Waals surface area contributed by atoms with Gasteiger partial charge in [-0.25, -0.2) is 14.1 Å². The van der Waals surface area contributed by atoms with Crippen LogP contribution in [0.25, 0.3) is 5.82 Å². The second-order valence-electron chi connectivity index (χ2n) is 4.28. The van der Waals surface area contributed by atoms with Gasteiger partial charge >= 0.3 is 0 Å². The van der Waals surface area contributed by atoms with Gasteiger partial charge in [-0.1, -0.05) is 6.92 Å². The summed E-state index contributed by atoms with van der Waals surface area (Å²) in [4.78, 5) is 4.13. The maximum Gasteiger partial charge on any atom is 0.157 e. The van der Waals surface area contributed by atoms with E-state index < -0.39 is 0 Å². The topological polar surface area (TPSA) is 42.7 Å². The first-order valence-corrected chi connectivity index (χ1v) is 6.07. The molecule has 2 aromatic rings. The number of halogens is 1. The molecule has 2 rings (SSSR count). The van der Waals surface area contributed by atoms with Crippen molar-refractivity contribution in [2.24, 2.45) is 0 Å². The summed E-state index contributed by atoms with van der Waals surface area (Å²) < 4.78 is 14.9. The first kappa shape index (κ1) is 12.7. The van der Waals surface area contributed by atoms with Gasteiger partial charge in [0.1, 0.15) is 5.82 Å². The average Bonchev–Trinajstić information content (AvgIpc) is 2.76. The van der Waals surface area contributed by atoms with E-state index in [1.54, 1.807) is 10.9 Å². The molecule has 0 aromatic carbocycles. The van der Waals surface area contributed by atoms with Crippen molar-refractivity contribution in [2.75, 3.05) is 6.54 Å². The molecule has 2 aromatic heterocycles. The average molecular weight is 248 g/mol. The van der Waals surface area contributed by atoms with E-state index in [1.165, 1.54) is 12.3 Å². The monoisotopic (exact) mass is 248 g/mol. The van der Waals surface area contributed by atoms with Crippen molar-refractivity contribution in [2.45, 2.75) is 26.8 Å². The Morgan fingerprint density at radius 1 is 1.39 bits per heavy atom. The normalized spacial score (nSPS) is 10.8. The third kappa shape index (κ3) is 2.92. The van der Waals surface area contributed by atoms with Crippen LogP contribution in [-0.2, 0) is 6.54 Å². The van der Waals surface area contributed by atoms with Crippen LogP contribution in [0.5, 0.6) is 0 Å². The molecule has 4 nitrogen and oxygen atoms in total. The molecule has 0 amide bonds. The predicted octanol–water partition coefficient (Wildman–Crippen LogP) is 2.21. The van der Waals surface area contributed by atoms with E-state index in [0.29, 0.717) is 12.4 Å².